The maximum Gasteiger partial charge on any atom is 0.471 e. The highest BCUT2D eigenvalue weighted by Gasteiger charge is 2.39. The number of ether oxygens (including phenoxy) is 2. The van der Waals surface area contributed by atoms with Crippen molar-refractivity contribution >= 4 is 115 Å². The van der Waals surface area contributed by atoms with Crippen LogP contribution in [0.4, 0.5) is 19.0 Å². The molecule has 10 bridgehead atoms. The normalized spacial score (nSPS) is 16.5. The zero-order valence-electron chi connectivity index (χ0n) is 43.7. The highest BCUT2D eigenvalue weighted by Crippen LogP contribution is 2.41. The number of halogens is 3. The number of alkyl halides is 3. The number of fused-ring (bicyclic) bond motifs is 14. The molecular formula is C51H46F3N13O9S6. The van der Waals surface area contributed by atoms with E-state index in [1.165, 1.54) is 43.2 Å². The van der Waals surface area contributed by atoms with E-state index in [1.807, 2.05) is 13.8 Å². The SMILES string of the molecule is CNC(=O)C[C@@H]1NC(=O)c2csc(n2)-c2ccc(-c3nc(NC(=O)C(F)(F)F)cs3)nc2-c2csc(n2)-c2csc(n2)[C@H]([C@@H](OC(C)=O)c2ccccc2)NC(=O)CNC(=O)c2nc(sc2COC)[C@H](C(C)C)NC(=O)c2nc1sc2C. The summed E-state index contributed by atoms with van der Waals surface area (Å²) in [6.45, 7) is 6.00. The number of hydrogen-bond donors (Lipinski definition) is 6. The number of nitrogens with one attached hydrogen (secondary N) is 6. The molecule has 0 radical (unpaired) electrons. The number of thiazole rings is 6. The second kappa shape index (κ2) is 25.1. The van der Waals surface area contributed by atoms with Gasteiger partial charge in [0.05, 0.1) is 42.2 Å². The summed E-state index contributed by atoms with van der Waals surface area (Å²) < 4.78 is 50.8. The fourth-order valence-corrected chi connectivity index (χ4v) is 13.6. The number of amides is 6. The van der Waals surface area contributed by atoms with E-state index in [2.05, 4.69) is 46.5 Å². The number of benzene rings is 1. The van der Waals surface area contributed by atoms with Crippen LogP contribution in [0.3, 0.4) is 0 Å². The summed E-state index contributed by atoms with van der Waals surface area (Å²) in [5, 5.41) is 23.5. The topological polar surface area (TPSA) is 300 Å². The van der Waals surface area contributed by atoms with Gasteiger partial charge in [0.2, 0.25) is 11.8 Å². The van der Waals surface area contributed by atoms with Gasteiger partial charge >= 0.3 is 18.1 Å². The number of carbonyl (C=O) groups is 7. The van der Waals surface area contributed by atoms with Gasteiger partial charge in [0.15, 0.2) is 6.10 Å². The molecule has 0 unspecified atom stereocenters. The van der Waals surface area contributed by atoms with Crippen LogP contribution in [0, 0.1) is 12.8 Å². The van der Waals surface area contributed by atoms with Crippen molar-refractivity contribution in [3.63, 3.8) is 0 Å². The number of hydrogen-bond acceptors (Lipinski definition) is 22. The molecule has 426 valence electrons. The molecular weight excluding hydrogens is 1190 g/mol. The first kappa shape index (κ1) is 58.8. The predicted octanol–water partition coefficient (Wildman–Crippen LogP) is 8.38. The average molecular weight is 1230 g/mol. The monoisotopic (exact) mass is 1230 g/mol. The largest absolute Gasteiger partial charge is 0.471 e. The molecule has 1 aromatic carbocycles. The number of carbonyl (C=O) groups excluding carboxylic acids is 7. The number of anilines is 1. The third-order valence-electron chi connectivity index (χ3n) is 12.0. The van der Waals surface area contributed by atoms with E-state index in [9.17, 15) is 46.7 Å². The van der Waals surface area contributed by atoms with Gasteiger partial charge in [0, 0.05) is 53.0 Å². The van der Waals surface area contributed by atoms with Crippen molar-refractivity contribution in [2.75, 3.05) is 26.0 Å². The molecule has 0 aliphatic carbocycles. The minimum absolute atomic E-state index is 0.0171. The van der Waals surface area contributed by atoms with E-state index in [1.54, 1.807) is 65.5 Å². The Bertz CT molecular complexity index is 3720. The molecule has 0 spiro atoms. The lowest BCUT2D eigenvalue weighted by atomic mass is 10.0. The first-order valence-electron chi connectivity index (χ1n) is 24.5. The molecule has 6 N–H and O–H groups in total. The summed E-state index contributed by atoms with van der Waals surface area (Å²) in [5.41, 5.74) is 1.79. The molecule has 6 amide bonds. The van der Waals surface area contributed by atoms with Gasteiger partial charge in [-0.15, -0.1) is 68.0 Å². The van der Waals surface area contributed by atoms with E-state index >= 15 is 0 Å². The van der Waals surface area contributed by atoms with Crippen molar-refractivity contribution in [3.8, 4) is 43.4 Å². The van der Waals surface area contributed by atoms with Gasteiger partial charge in [0.1, 0.15) is 76.1 Å². The third kappa shape index (κ3) is 13.4. The maximum absolute atomic E-state index is 14.2. The lowest BCUT2D eigenvalue weighted by Crippen LogP contribution is -2.41. The van der Waals surface area contributed by atoms with Crippen molar-refractivity contribution in [1.29, 1.82) is 0 Å². The Hall–Kier alpha value is -7.81. The Kier molecular flexibility index (Phi) is 18.0. The molecule has 82 heavy (non-hydrogen) atoms. The Morgan fingerprint density at radius 1 is 0.707 bits per heavy atom. The first-order valence-corrected chi connectivity index (χ1v) is 29.6. The lowest BCUT2D eigenvalue weighted by Gasteiger charge is -2.26. The second-order valence-corrected chi connectivity index (χ2v) is 24.0. The van der Waals surface area contributed by atoms with E-state index in [0.29, 0.717) is 36.6 Å². The smallest absolute Gasteiger partial charge is 0.455 e. The van der Waals surface area contributed by atoms with Gasteiger partial charge in [-0.05, 0) is 30.5 Å². The van der Waals surface area contributed by atoms with Gasteiger partial charge in [0.25, 0.3) is 17.7 Å². The van der Waals surface area contributed by atoms with Crippen molar-refractivity contribution in [2.24, 2.45) is 5.92 Å². The van der Waals surface area contributed by atoms with Crippen molar-refractivity contribution in [3.05, 3.63) is 111 Å². The number of methoxy groups -OCH3 is 1. The molecule has 1 aliphatic rings. The molecule has 31 heteroatoms. The zero-order chi connectivity index (χ0) is 58.6. The molecule has 9 rings (SSSR count). The summed E-state index contributed by atoms with van der Waals surface area (Å²) in [7, 11) is 2.88. The van der Waals surface area contributed by atoms with Crippen molar-refractivity contribution in [2.45, 2.75) is 71.1 Å². The molecule has 7 aromatic heterocycles. The molecule has 8 aromatic rings. The summed E-state index contributed by atoms with van der Waals surface area (Å²) in [5.74, 6) is -6.65. The van der Waals surface area contributed by atoms with Crippen LogP contribution in [-0.2, 0) is 35.3 Å². The van der Waals surface area contributed by atoms with Gasteiger partial charge in [-0.3, -0.25) is 33.6 Å². The predicted molar refractivity (Wildman–Crippen MR) is 301 cm³/mol. The average Bonchev–Trinajstić information content (AvgIpc) is 4.33. The lowest BCUT2D eigenvalue weighted by molar-refractivity contribution is -0.167. The van der Waals surface area contributed by atoms with E-state index in [4.69, 9.17) is 24.4 Å². The summed E-state index contributed by atoms with van der Waals surface area (Å²) in [6.07, 6.45) is -6.56. The highest BCUT2D eigenvalue weighted by atomic mass is 32.1. The highest BCUT2D eigenvalue weighted by molar-refractivity contribution is 7.15. The second-order valence-electron chi connectivity index (χ2n) is 18.2. The van der Waals surface area contributed by atoms with Crippen LogP contribution in [0.1, 0.15) is 113 Å². The first-order chi connectivity index (χ1) is 39.2. The minimum atomic E-state index is -5.17. The van der Waals surface area contributed by atoms with Crippen LogP contribution in [0.2, 0.25) is 0 Å². The number of pyridine rings is 1. The molecule has 4 atom stereocenters. The Morgan fingerprint density at radius 2 is 1.40 bits per heavy atom. The fraction of sp³-hybridized carbons (Fsp3) is 0.294. The van der Waals surface area contributed by atoms with Gasteiger partial charge < -0.3 is 41.4 Å². The van der Waals surface area contributed by atoms with E-state index < -0.39 is 78.4 Å². The molecule has 8 heterocycles. The molecule has 0 saturated heterocycles. The van der Waals surface area contributed by atoms with Crippen LogP contribution in [0.15, 0.2) is 64.0 Å². The van der Waals surface area contributed by atoms with Gasteiger partial charge in [-0.25, -0.2) is 34.9 Å². The minimum Gasteiger partial charge on any atom is -0.455 e. The van der Waals surface area contributed by atoms with E-state index in [0.717, 1.165) is 56.7 Å². The van der Waals surface area contributed by atoms with Crippen molar-refractivity contribution in [1.82, 2.24) is 61.5 Å². The quantitative estimate of drug-likeness (QED) is 0.0701. The van der Waals surface area contributed by atoms with Crippen LogP contribution >= 0.6 is 68.0 Å². The molecule has 0 saturated carbocycles. The Balaban J connectivity index is 1.15. The summed E-state index contributed by atoms with van der Waals surface area (Å²) in [6, 6.07) is 8.91. The third-order valence-corrected chi connectivity index (χ3v) is 17.7. The Labute approximate surface area is 487 Å². The summed E-state index contributed by atoms with van der Waals surface area (Å²) >= 11 is 6.53. The molecule has 1 aliphatic heterocycles. The van der Waals surface area contributed by atoms with Gasteiger partial charge in [-0.2, -0.15) is 13.2 Å². The number of esters is 1. The summed E-state index contributed by atoms with van der Waals surface area (Å²) in [4.78, 5) is 128. The van der Waals surface area contributed by atoms with Crippen LogP contribution in [-0.4, -0.2) is 103 Å². The molecule has 22 nitrogen and oxygen atoms in total. The van der Waals surface area contributed by atoms with E-state index in [-0.39, 0.29) is 79.0 Å². The van der Waals surface area contributed by atoms with Crippen LogP contribution < -0.4 is 31.9 Å². The Morgan fingerprint density at radius 3 is 2.12 bits per heavy atom. The number of aromatic nitrogens is 7. The fourth-order valence-electron chi connectivity index (χ4n) is 8.13. The number of rotatable bonds is 10. The zero-order valence-corrected chi connectivity index (χ0v) is 48.6. The van der Waals surface area contributed by atoms with Gasteiger partial charge in [-0.1, -0.05) is 44.2 Å². The number of nitrogens with zero attached hydrogens (tertiary/aromatic N) is 7. The molecule has 0 fully saturated rings. The van der Waals surface area contributed by atoms with Crippen LogP contribution in [0.25, 0.3) is 43.4 Å². The maximum atomic E-state index is 14.2. The standard InChI is InChI=1S/C51H46F3N13O9S6/c1-21(2)35-49-67-38(31(82-49)16-75-6)42(72)56-15-34(70)64-39(40(76-23(4)68)24-10-8-7-9-11-24)48-61-30(19-79-48)46-59-28(17-78-46)37-25(12-13-26(57-37)45-62-32(20-80-45)63-50(74)51(52,53)54)44-60-29(18-77-44)41(71)58-27(14-33(69)55-5)47-66-36(22(3)81-47)43(73)65-35/h7-13,17-21,27,35,39-40H,14-16H2,1-6H3,(H,55,69)(H,56,72)(H,58,71)(H,63,74)(H,64,70)(H,65,73)/t27-,35-,39-,40-/m0/s1. The number of aryl methyl sites for hydroxylation is 1. The van der Waals surface area contributed by atoms with Crippen molar-refractivity contribution < 1.29 is 56.2 Å². The van der Waals surface area contributed by atoms with Crippen LogP contribution in [0.5, 0.6) is 0 Å².